The number of aliphatic hydroxyl groups is 1. The molecule has 0 saturated heterocycles. The summed E-state index contributed by atoms with van der Waals surface area (Å²) in [6.45, 7) is -1.12. The number of H-pyrrole nitrogens is 1. The second-order valence-electron chi connectivity index (χ2n) is 7.59. The summed E-state index contributed by atoms with van der Waals surface area (Å²) >= 11 is 0. The van der Waals surface area contributed by atoms with E-state index >= 15 is 0 Å². The molecule has 5 rings (SSSR count). The van der Waals surface area contributed by atoms with E-state index < -0.39 is 18.8 Å². The van der Waals surface area contributed by atoms with Crippen molar-refractivity contribution in [3.63, 3.8) is 0 Å². The standard InChI is InChI=1S/C23H19F2N3O3/c1-12-14(7-9-21(30)26-12)13-6-8-16-18(10-13)28-17(11-19(29)22(28)27-16)15-4-2-3-5-20(15)31-23(24)25/h2-10,17,19,23,29H,11H2,1H3,(H,26,30). The number of hydrogen-bond acceptors (Lipinski definition) is 4. The number of nitrogens with zero attached hydrogens (tertiary/aromatic N) is 2. The molecule has 8 heteroatoms. The fourth-order valence-electron chi connectivity index (χ4n) is 4.38. The highest BCUT2D eigenvalue weighted by molar-refractivity contribution is 5.84. The third-order valence-corrected chi connectivity index (χ3v) is 5.69. The van der Waals surface area contributed by atoms with E-state index in [2.05, 4.69) is 9.97 Å². The molecule has 0 radical (unpaired) electrons. The zero-order valence-corrected chi connectivity index (χ0v) is 16.5. The third kappa shape index (κ3) is 3.29. The maximum absolute atomic E-state index is 12.9. The lowest BCUT2D eigenvalue weighted by Gasteiger charge is -2.19. The Morgan fingerprint density at radius 3 is 2.77 bits per heavy atom. The molecule has 158 valence electrons. The monoisotopic (exact) mass is 423 g/mol. The van der Waals surface area contributed by atoms with Gasteiger partial charge in [0.15, 0.2) is 0 Å². The van der Waals surface area contributed by atoms with Crippen molar-refractivity contribution in [3.8, 4) is 16.9 Å². The number of para-hydroxylation sites is 1. The Kier molecular flexibility index (Phi) is 4.59. The largest absolute Gasteiger partial charge is 0.434 e. The maximum atomic E-state index is 12.9. The van der Waals surface area contributed by atoms with Gasteiger partial charge in [0.05, 0.1) is 17.1 Å². The summed E-state index contributed by atoms with van der Waals surface area (Å²) in [6, 6.07) is 15.1. The van der Waals surface area contributed by atoms with Crippen LogP contribution in [-0.4, -0.2) is 26.3 Å². The summed E-state index contributed by atoms with van der Waals surface area (Å²) in [7, 11) is 0. The Bertz CT molecular complexity index is 1350. The minimum absolute atomic E-state index is 0.0806. The molecule has 2 unspecified atom stereocenters. The zero-order chi connectivity index (χ0) is 21.7. The molecular formula is C23H19F2N3O3. The highest BCUT2D eigenvalue weighted by Gasteiger charge is 2.35. The smallest absolute Gasteiger partial charge is 0.387 e. The molecule has 4 aromatic rings. The number of imidazole rings is 1. The average Bonchev–Trinajstić information content (AvgIpc) is 3.25. The van der Waals surface area contributed by atoms with Crippen LogP contribution in [-0.2, 0) is 0 Å². The van der Waals surface area contributed by atoms with Gasteiger partial charge in [0.1, 0.15) is 17.7 Å². The molecule has 2 aromatic carbocycles. The van der Waals surface area contributed by atoms with Gasteiger partial charge in [0.25, 0.3) is 0 Å². The van der Waals surface area contributed by atoms with E-state index in [4.69, 9.17) is 4.74 Å². The van der Waals surface area contributed by atoms with Gasteiger partial charge in [-0.25, -0.2) is 4.98 Å². The van der Waals surface area contributed by atoms with Gasteiger partial charge >= 0.3 is 6.61 Å². The van der Waals surface area contributed by atoms with Gasteiger partial charge < -0.3 is 19.4 Å². The normalized spacial score (nSPS) is 18.0. The Labute approximate surface area is 175 Å². The first-order chi connectivity index (χ1) is 14.9. The highest BCUT2D eigenvalue weighted by Crippen LogP contribution is 2.44. The van der Waals surface area contributed by atoms with Crippen molar-refractivity contribution in [2.75, 3.05) is 0 Å². The molecule has 6 nitrogen and oxygen atoms in total. The molecule has 0 amide bonds. The summed E-state index contributed by atoms with van der Waals surface area (Å²) in [4.78, 5) is 19.0. The lowest BCUT2D eigenvalue weighted by Crippen LogP contribution is -2.10. The van der Waals surface area contributed by atoms with Crippen molar-refractivity contribution in [2.24, 2.45) is 0 Å². The number of aromatic nitrogens is 3. The first-order valence-electron chi connectivity index (χ1n) is 9.86. The van der Waals surface area contributed by atoms with Crippen molar-refractivity contribution in [2.45, 2.75) is 32.1 Å². The molecule has 1 aliphatic heterocycles. The first kappa shape index (κ1) is 19.4. The summed E-state index contributed by atoms with van der Waals surface area (Å²) in [5.74, 6) is 0.569. The average molecular weight is 423 g/mol. The van der Waals surface area contributed by atoms with Crippen LogP contribution >= 0.6 is 0 Å². The van der Waals surface area contributed by atoms with E-state index in [1.165, 1.54) is 12.1 Å². The van der Waals surface area contributed by atoms with Crippen LogP contribution in [0.3, 0.4) is 0 Å². The molecule has 0 aliphatic carbocycles. The molecule has 2 aromatic heterocycles. The van der Waals surface area contributed by atoms with Gasteiger partial charge in [-0.15, -0.1) is 0 Å². The first-order valence-corrected chi connectivity index (χ1v) is 9.86. The van der Waals surface area contributed by atoms with Crippen LogP contribution in [0.15, 0.2) is 59.4 Å². The predicted octanol–water partition coefficient (Wildman–Crippen LogP) is 4.33. The number of benzene rings is 2. The van der Waals surface area contributed by atoms with E-state index in [0.717, 1.165) is 22.3 Å². The van der Waals surface area contributed by atoms with Crippen LogP contribution in [0.25, 0.3) is 22.2 Å². The summed E-state index contributed by atoms with van der Waals surface area (Å²) in [5, 5.41) is 10.6. The SMILES string of the molecule is Cc1[nH]c(=O)ccc1-c1ccc2nc3n(c2c1)C(c1ccccc1OC(F)F)CC3O. The molecular weight excluding hydrogens is 404 g/mol. The highest BCUT2D eigenvalue weighted by atomic mass is 19.3. The molecule has 31 heavy (non-hydrogen) atoms. The molecule has 0 bridgehead atoms. The summed E-state index contributed by atoms with van der Waals surface area (Å²) in [5.41, 5.74) is 4.33. The minimum atomic E-state index is -2.94. The summed E-state index contributed by atoms with van der Waals surface area (Å²) in [6.07, 6.45) is -0.514. The number of aryl methyl sites for hydroxylation is 1. The van der Waals surface area contributed by atoms with Crippen LogP contribution in [0.4, 0.5) is 8.78 Å². The molecule has 0 spiro atoms. The molecule has 2 atom stereocenters. The Hall–Kier alpha value is -3.52. The second-order valence-corrected chi connectivity index (χ2v) is 7.59. The Morgan fingerprint density at radius 2 is 2.00 bits per heavy atom. The molecule has 1 aliphatic rings. The number of nitrogens with one attached hydrogen (secondary N) is 1. The number of halogens is 2. The van der Waals surface area contributed by atoms with Crippen LogP contribution < -0.4 is 10.3 Å². The quantitative estimate of drug-likeness (QED) is 0.512. The van der Waals surface area contributed by atoms with E-state index in [9.17, 15) is 18.7 Å². The van der Waals surface area contributed by atoms with Gasteiger partial charge in [-0.2, -0.15) is 8.78 Å². The minimum Gasteiger partial charge on any atom is -0.434 e. The predicted molar refractivity (Wildman–Crippen MR) is 111 cm³/mol. The van der Waals surface area contributed by atoms with E-state index in [-0.39, 0.29) is 11.3 Å². The Balaban J connectivity index is 1.68. The van der Waals surface area contributed by atoms with Crippen molar-refractivity contribution in [3.05, 3.63) is 82.0 Å². The van der Waals surface area contributed by atoms with Crippen molar-refractivity contribution in [1.82, 2.24) is 14.5 Å². The molecule has 0 saturated carbocycles. The molecule has 2 N–H and O–H groups in total. The van der Waals surface area contributed by atoms with Gasteiger partial charge in [-0.05, 0) is 36.8 Å². The number of ether oxygens (including phenoxy) is 1. The van der Waals surface area contributed by atoms with Crippen molar-refractivity contribution >= 4 is 11.0 Å². The molecule has 0 fully saturated rings. The maximum Gasteiger partial charge on any atom is 0.387 e. The lowest BCUT2D eigenvalue weighted by molar-refractivity contribution is -0.0507. The van der Waals surface area contributed by atoms with E-state index in [1.807, 2.05) is 29.7 Å². The number of fused-ring (bicyclic) bond motifs is 3. The molecule has 3 heterocycles. The van der Waals surface area contributed by atoms with Gasteiger partial charge in [0, 0.05) is 29.3 Å². The number of aliphatic hydroxyl groups excluding tert-OH is 1. The Morgan fingerprint density at radius 1 is 1.19 bits per heavy atom. The summed E-state index contributed by atoms with van der Waals surface area (Å²) < 4.78 is 32.5. The number of alkyl halides is 2. The van der Waals surface area contributed by atoms with Gasteiger partial charge in [0.2, 0.25) is 5.56 Å². The van der Waals surface area contributed by atoms with Crippen LogP contribution in [0, 0.1) is 6.92 Å². The number of aromatic amines is 1. The van der Waals surface area contributed by atoms with E-state index in [1.54, 1.807) is 24.3 Å². The second kappa shape index (κ2) is 7.31. The topological polar surface area (TPSA) is 80.1 Å². The number of rotatable bonds is 4. The van der Waals surface area contributed by atoms with Crippen LogP contribution in [0.5, 0.6) is 5.75 Å². The van der Waals surface area contributed by atoms with E-state index in [0.29, 0.717) is 23.3 Å². The van der Waals surface area contributed by atoms with Crippen molar-refractivity contribution < 1.29 is 18.6 Å². The zero-order valence-electron chi connectivity index (χ0n) is 16.5. The van der Waals surface area contributed by atoms with Crippen LogP contribution in [0.1, 0.15) is 35.6 Å². The van der Waals surface area contributed by atoms with Gasteiger partial charge in [-0.3, -0.25) is 4.79 Å². The fourth-order valence-corrected chi connectivity index (χ4v) is 4.38. The van der Waals surface area contributed by atoms with Crippen LogP contribution in [0.2, 0.25) is 0 Å². The van der Waals surface area contributed by atoms with Gasteiger partial charge in [-0.1, -0.05) is 24.3 Å². The fraction of sp³-hybridized carbons (Fsp3) is 0.217. The number of hydrogen-bond donors (Lipinski definition) is 2. The third-order valence-electron chi connectivity index (χ3n) is 5.69. The number of pyridine rings is 1. The lowest BCUT2D eigenvalue weighted by atomic mass is 10.0. The van der Waals surface area contributed by atoms with Crippen molar-refractivity contribution in [1.29, 1.82) is 0 Å².